The third-order valence-electron chi connectivity index (χ3n) is 3.32. The molecule has 0 saturated carbocycles. The third kappa shape index (κ3) is 2.09. The second-order valence-electron chi connectivity index (χ2n) is 4.39. The van der Waals surface area contributed by atoms with E-state index in [9.17, 15) is 4.79 Å². The number of H-pyrrole nitrogens is 1. The van der Waals surface area contributed by atoms with Crippen LogP contribution in [0.15, 0.2) is 17.2 Å². The summed E-state index contributed by atoms with van der Waals surface area (Å²) in [4.78, 5) is 20.2. The van der Waals surface area contributed by atoms with E-state index in [1.165, 1.54) is 12.7 Å². The van der Waals surface area contributed by atoms with Crippen LogP contribution in [0.4, 0.5) is 5.82 Å². The van der Waals surface area contributed by atoms with E-state index < -0.39 is 0 Å². The standard InChI is InChI=1S/C11H18N4O/c1-8-3-2-4-15(9(8)6-12)10-5-11(16)14-7-13-10/h5,7-9H,2-4,6,12H2,1H3,(H,13,14,16). The Morgan fingerprint density at radius 2 is 2.50 bits per heavy atom. The van der Waals surface area contributed by atoms with Gasteiger partial charge in [-0.3, -0.25) is 4.79 Å². The summed E-state index contributed by atoms with van der Waals surface area (Å²) < 4.78 is 0. The van der Waals surface area contributed by atoms with Crippen molar-refractivity contribution >= 4 is 5.82 Å². The molecular weight excluding hydrogens is 204 g/mol. The van der Waals surface area contributed by atoms with Gasteiger partial charge in [0.2, 0.25) is 0 Å². The van der Waals surface area contributed by atoms with E-state index in [1.807, 2.05) is 0 Å². The maximum absolute atomic E-state index is 11.3. The number of hydrogen-bond acceptors (Lipinski definition) is 4. The minimum atomic E-state index is -0.112. The van der Waals surface area contributed by atoms with Gasteiger partial charge in [-0.1, -0.05) is 6.92 Å². The van der Waals surface area contributed by atoms with E-state index in [0.29, 0.717) is 18.5 Å². The van der Waals surface area contributed by atoms with E-state index in [4.69, 9.17) is 5.73 Å². The van der Waals surface area contributed by atoms with Crippen molar-refractivity contribution in [2.45, 2.75) is 25.8 Å². The highest BCUT2D eigenvalue weighted by Gasteiger charge is 2.28. The van der Waals surface area contributed by atoms with Crippen molar-refractivity contribution in [3.8, 4) is 0 Å². The second-order valence-corrected chi connectivity index (χ2v) is 4.39. The second kappa shape index (κ2) is 4.65. The number of nitrogens with zero attached hydrogens (tertiary/aromatic N) is 2. The van der Waals surface area contributed by atoms with Crippen LogP contribution in [0.25, 0.3) is 0 Å². The molecular formula is C11H18N4O. The maximum atomic E-state index is 11.3. The Kier molecular flexibility index (Phi) is 3.24. The number of nitrogens with one attached hydrogen (secondary N) is 1. The predicted octanol–water partition coefficient (Wildman–Crippen LogP) is 0.334. The molecule has 1 aliphatic rings. The molecule has 5 nitrogen and oxygen atoms in total. The fourth-order valence-corrected chi connectivity index (χ4v) is 2.41. The number of hydrogen-bond donors (Lipinski definition) is 2. The average molecular weight is 222 g/mol. The molecule has 1 aliphatic heterocycles. The highest BCUT2D eigenvalue weighted by molar-refractivity contribution is 5.39. The number of piperidine rings is 1. The van der Waals surface area contributed by atoms with Crippen LogP contribution in [-0.2, 0) is 0 Å². The molecule has 1 saturated heterocycles. The first-order valence-corrected chi connectivity index (χ1v) is 5.74. The van der Waals surface area contributed by atoms with Crippen molar-refractivity contribution in [1.82, 2.24) is 9.97 Å². The van der Waals surface area contributed by atoms with Crippen molar-refractivity contribution < 1.29 is 0 Å². The molecule has 0 amide bonds. The van der Waals surface area contributed by atoms with Gasteiger partial charge < -0.3 is 15.6 Å². The first-order valence-electron chi connectivity index (χ1n) is 5.74. The number of nitrogens with two attached hydrogens (primary N) is 1. The lowest BCUT2D eigenvalue weighted by Crippen LogP contribution is -2.49. The van der Waals surface area contributed by atoms with Gasteiger partial charge in [0.05, 0.1) is 6.33 Å². The van der Waals surface area contributed by atoms with E-state index in [2.05, 4.69) is 21.8 Å². The predicted molar refractivity (Wildman–Crippen MR) is 63.4 cm³/mol. The summed E-state index contributed by atoms with van der Waals surface area (Å²) >= 11 is 0. The minimum absolute atomic E-state index is 0.112. The Balaban J connectivity index is 2.27. The van der Waals surface area contributed by atoms with Gasteiger partial charge in [-0.25, -0.2) is 4.98 Å². The Morgan fingerprint density at radius 3 is 3.19 bits per heavy atom. The fraction of sp³-hybridized carbons (Fsp3) is 0.636. The Morgan fingerprint density at radius 1 is 1.69 bits per heavy atom. The minimum Gasteiger partial charge on any atom is -0.352 e. The van der Waals surface area contributed by atoms with Crippen molar-refractivity contribution in [3.63, 3.8) is 0 Å². The summed E-state index contributed by atoms with van der Waals surface area (Å²) in [6, 6.07) is 1.84. The molecule has 1 aromatic heterocycles. The summed E-state index contributed by atoms with van der Waals surface area (Å²) in [5.41, 5.74) is 5.69. The van der Waals surface area contributed by atoms with Crippen LogP contribution in [0.3, 0.4) is 0 Å². The molecule has 2 atom stereocenters. The van der Waals surface area contributed by atoms with Crippen molar-refractivity contribution in [3.05, 3.63) is 22.7 Å². The zero-order valence-corrected chi connectivity index (χ0v) is 9.52. The molecule has 0 aliphatic carbocycles. The van der Waals surface area contributed by atoms with Crippen molar-refractivity contribution in [1.29, 1.82) is 0 Å². The molecule has 0 spiro atoms. The van der Waals surface area contributed by atoms with Gasteiger partial charge in [0.1, 0.15) is 5.82 Å². The summed E-state index contributed by atoms with van der Waals surface area (Å²) in [6.45, 7) is 3.75. The molecule has 88 valence electrons. The molecule has 0 bridgehead atoms. The Bertz CT molecular complexity index is 403. The van der Waals surface area contributed by atoms with Gasteiger partial charge in [-0.2, -0.15) is 0 Å². The van der Waals surface area contributed by atoms with Crippen molar-refractivity contribution in [2.24, 2.45) is 11.7 Å². The molecule has 0 aromatic carbocycles. The highest BCUT2D eigenvalue weighted by Crippen LogP contribution is 2.25. The maximum Gasteiger partial charge on any atom is 0.252 e. The van der Waals surface area contributed by atoms with Crippen LogP contribution in [-0.4, -0.2) is 29.1 Å². The number of aromatic nitrogens is 2. The van der Waals surface area contributed by atoms with Crippen LogP contribution < -0.4 is 16.2 Å². The molecule has 5 heteroatoms. The molecule has 2 rings (SSSR count). The van der Waals surface area contributed by atoms with Crippen LogP contribution in [0.2, 0.25) is 0 Å². The zero-order chi connectivity index (χ0) is 11.5. The van der Waals surface area contributed by atoms with Crippen LogP contribution in [0, 0.1) is 5.92 Å². The molecule has 2 heterocycles. The van der Waals surface area contributed by atoms with Crippen molar-refractivity contribution in [2.75, 3.05) is 18.0 Å². The lowest BCUT2D eigenvalue weighted by molar-refractivity contribution is 0.348. The normalized spacial score (nSPS) is 25.8. The lowest BCUT2D eigenvalue weighted by atomic mass is 9.91. The topological polar surface area (TPSA) is 75.0 Å². The average Bonchev–Trinajstić information content (AvgIpc) is 2.28. The van der Waals surface area contributed by atoms with Gasteiger partial charge in [-0.05, 0) is 18.8 Å². The lowest BCUT2D eigenvalue weighted by Gasteiger charge is -2.40. The largest absolute Gasteiger partial charge is 0.352 e. The molecule has 3 N–H and O–H groups in total. The van der Waals surface area contributed by atoms with Gasteiger partial charge in [0, 0.05) is 25.2 Å². The van der Waals surface area contributed by atoms with E-state index in [1.54, 1.807) is 6.07 Å². The summed E-state index contributed by atoms with van der Waals surface area (Å²) in [6.07, 6.45) is 3.78. The zero-order valence-electron chi connectivity index (χ0n) is 9.52. The van der Waals surface area contributed by atoms with Gasteiger partial charge in [-0.15, -0.1) is 0 Å². The van der Waals surface area contributed by atoms with Gasteiger partial charge in [0.15, 0.2) is 0 Å². The number of rotatable bonds is 2. The fourth-order valence-electron chi connectivity index (χ4n) is 2.41. The number of anilines is 1. The third-order valence-corrected chi connectivity index (χ3v) is 3.32. The summed E-state index contributed by atoms with van der Waals surface area (Å²) in [5.74, 6) is 1.30. The summed E-state index contributed by atoms with van der Waals surface area (Å²) in [5, 5.41) is 0. The molecule has 2 unspecified atom stereocenters. The van der Waals surface area contributed by atoms with Crippen LogP contribution in [0.1, 0.15) is 19.8 Å². The molecule has 1 aromatic rings. The molecule has 0 radical (unpaired) electrons. The highest BCUT2D eigenvalue weighted by atomic mass is 16.1. The van der Waals surface area contributed by atoms with E-state index >= 15 is 0 Å². The summed E-state index contributed by atoms with van der Waals surface area (Å²) in [7, 11) is 0. The van der Waals surface area contributed by atoms with Gasteiger partial charge in [0.25, 0.3) is 5.56 Å². The molecule has 1 fully saturated rings. The van der Waals surface area contributed by atoms with Crippen LogP contribution >= 0.6 is 0 Å². The van der Waals surface area contributed by atoms with E-state index in [-0.39, 0.29) is 5.56 Å². The van der Waals surface area contributed by atoms with Gasteiger partial charge >= 0.3 is 0 Å². The SMILES string of the molecule is CC1CCCN(c2cc(=O)[nH]cn2)C1CN. The first-order chi connectivity index (χ1) is 7.72. The van der Waals surface area contributed by atoms with Crippen LogP contribution in [0.5, 0.6) is 0 Å². The monoisotopic (exact) mass is 222 g/mol. The quantitative estimate of drug-likeness (QED) is 0.756. The Hall–Kier alpha value is -1.36. The van der Waals surface area contributed by atoms with E-state index in [0.717, 1.165) is 18.8 Å². The Labute approximate surface area is 94.7 Å². The number of aromatic amines is 1. The first kappa shape index (κ1) is 11.1. The smallest absolute Gasteiger partial charge is 0.252 e. The molecule has 16 heavy (non-hydrogen) atoms.